The number of nitrogens with zero attached hydrogens (tertiary/aromatic N) is 1. The molecule has 4 rings (SSSR count). The van der Waals surface area contributed by atoms with Crippen molar-refractivity contribution in [1.82, 2.24) is 4.90 Å². The minimum absolute atomic E-state index is 0.0710. The number of thiophene rings is 1. The summed E-state index contributed by atoms with van der Waals surface area (Å²) in [6, 6.07) is 3.31. The fourth-order valence-corrected chi connectivity index (χ4v) is 4.81. The van der Waals surface area contributed by atoms with E-state index in [0.29, 0.717) is 5.00 Å². The summed E-state index contributed by atoms with van der Waals surface area (Å²) in [6.07, 6.45) is 7.78. The van der Waals surface area contributed by atoms with Crippen molar-refractivity contribution in [2.75, 3.05) is 18.4 Å². The van der Waals surface area contributed by atoms with Crippen molar-refractivity contribution in [3.63, 3.8) is 0 Å². The number of amides is 2. The molecule has 1 saturated heterocycles. The van der Waals surface area contributed by atoms with Gasteiger partial charge in [-0.25, -0.2) is 0 Å². The molecule has 24 heavy (non-hydrogen) atoms. The van der Waals surface area contributed by atoms with Crippen LogP contribution in [-0.4, -0.2) is 29.8 Å². The molecule has 0 spiro atoms. The summed E-state index contributed by atoms with van der Waals surface area (Å²) in [7, 11) is 0. The van der Waals surface area contributed by atoms with Crippen LogP contribution >= 0.6 is 11.3 Å². The number of nitrogens with one attached hydrogen (secondary N) is 1. The lowest BCUT2D eigenvalue weighted by Gasteiger charge is -2.18. The van der Waals surface area contributed by atoms with Crippen LogP contribution in [0.15, 0.2) is 22.8 Å². The molecule has 0 radical (unpaired) electrons. The van der Waals surface area contributed by atoms with Gasteiger partial charge in [-0.05, 0) is 56.2 Å². The van der Waals surface area contributed by atoms with Crippen molar-refractivity contribution in [1.29, 1.82) is 0 Å². The lowest BCUT2D eigenvalue weighted by atomic mass is 9.95. The molecular weight excluding hydrogens is 324 g/mol. The zero-order chi connectivity index (χ0) is 16.5. The van der Waals surface area contributed by atoms with E-state index in [4.69, 9.17) is 4.42 Å². The highest BCUT2D eigenvalue weighted by atomic mass is 32.1. The summed E-state index contributed by atoms with van der Waals surface area (Å²) in [5.74, 6) is 0.0386. The first kappa shape index (κ1) is 15.4. The van der Waals surface area contributed by atoms with Crippen LogP contribution < -0.4 is 5.32 Å². The SMILES string of the molecule is O=C(Nc1sc2c(c1C(=O)N1CCCC1)CCCC2)c1ccco1. The lowest BCUT2D eigenvalue weighted by molar-refractivity contribution is 0.0793. The Morgan fingerprint density at radius 3 is 2.67 bits per heavy atom. The Bertz CT molecular complexity index is 758. The molecule has 0 unspecified atom stereocenters. The summed E-state index contributed by atoms with van der Waals surface area (Å²) in [6.45, 7) is 1.63. The van der Waals surface area contributed by atoms with Crippen LogP contribution in [0.5, 0.6) is 0 Å². The number of hydrogen-bond acceptors (Lipinski definition) is 4. The van der Waals surface area contributed by atoms with E-state index in [0.717, 1.165) is 62.7 Å². The molecule has 3 heterocycles. The highest BCUT2D eigenvalue weighted by molar-refractivity contribution is 7.17. The summed E-state index contributed by atoms with van der Waals surface area (Å²) >= 11 is 1.55. The third kappa shape index (κ3) is 2.75. The Balaban J connectivity index is 1.68. The van der Waals surface area contributed by atoms with Gasteiger partial charge in [0.1, 0.15) is 5.00 Å². The molecule has 2 amide bonds. The summed E-state index contributed by atoms with van der Waals surface area (Å²) < 4.78 is 5.17. The standard InChI is InChI=1S/C18H20N2O3S/c21-16(13-7-5-11-23-13)19-17-15(18(22)20-9-3-4-10-20)12-6-1-2-8-14(12)24-17/h5,7,11H,1-4,6,8-10H2,(H,19,21). The van der Waals surface area contributed by atoms with E-state index in [1.165, 1.54) is 11.1 Å². The number of aryl methyl sites for hydroxylation is 1. The molecule has 126 valence electrons. The number of likely N-dealkylation sites (tertiary alicyclic amines) is 1. The van der Waals surface area contributed by atoms with Gasteiger partial charge in [0, 0.05) is 18.0 Å². The maximum absolute atomic E-state index is 13.0. The van der Waals surface area contributed by atoms with Crippen molar-refractivity contribution >= 4 is 28.2 Å². The minimum Gasteiger partial charge on any atom is -0.459 e. The van der Waals surface area contributed by atoms with Gasteiger partial charge >= 0.3 is 0 Å². The maximum Gasteiger partial charge on any atom is 0.291 e. The number of rotatable bonds is 3. The zero-order valence-electron chi connectivity index (χ0n) is 13.5. The molecule has 2 aromatic heterocycles. The number of hydrogen-bond donors (Lipinski definition) is 1. The van der Waals surface area contributed by atoms with E-state index in [-0.39, 0.29) is 17.6 Å². The predicted octanol–water partition coefficient (Wildman–Crippen LogP) is 3.71. The lowest BCUT2D eigenvalue weighted by Crippen LogP contribution is -2.29. The zero-order valence-corrected chi connectivity index (χ0v) is 14.3. The van der Waals surface area contributed by atoms with Crippen molar-refractivity contribution in [2.45, 2.75) is 38.5 Å². The van der Waals surface area contributed by atoms with Crippen LogP contribution in [0.25, 0.3) is 0 Å². The number of carbonyl (C=O) groups excluding carboxylic acids is 2. The molecule has 6 heteroatoms. The quantitative estimate of drug-likeness (QED) is 0.923. The van der Waals surface area contributed by atoms with Crippen LogP contribution in [0.3, 0.4) is 0 Å². The van der Waals surface area contributed by atoms with Crippen LogP contribution in [0.1, 0.15) is 57.0 Å². The molecule has 0 bridgehead atoms. The smallest absolute Gasteiger partial charge is 0.291 e. The fraction of sp³-hybridized carbons (Fsp3) is 0.444. The molecule has 5 nitrogen and oxygen atoms in total. The molecule has 1 fully saturated rings. The van der Waals surface area contributed by atoms with Crippen LogP contribution in [-0.2, 0) is 12.8 Å². The Kier molecular flexibility index (Phi) is 4.14. The maximum atomic E-state index is 13.0. The Labute approximate surface area is 144 Å². The van der Waals surface area contributed by atoms with E-state index in [9.17, 15) is 9.59 Å². The van der Waals surface area contributed by atoms with E-state index >= 15 is 0 Å². The molecule has 2 aromatic rings. The van der Waals surface area contributed by atoms with Gasteiger partial charge in [0.2, 0.25) is 0 Å². The molecule has 0 saturated carbocycles. The number of fused-ring (bicyclic) bond motifs is 1. The molecule has 2 aliphatic rings. The second kappa shape index (κ2) is 6.43. The first-order valence-corrected chi connectivity index (χ1v) is 9.34. The van der Waals surface area contributed by atoms with Crippen molar-refractivity contribution in [2.24, 2.45) is 0 Å². The first-order chi connectivity index (χ1) is 11.7. The topological polar surface area (TPSA) is 62.6 Å². The third-order valence-corrected chi connectivity index (χ3v) is 5.96. The van der Waals surface area contributed by atoms with Gasteiger partial charge in [-0.3, -0.25) is 9.59 Å². The monoisotopic (exact) mass is 344 g/mol. The molecule has 0 aromatic carbocycles. The summed E-state index contributed by atoms with van der Waals surface area (Å²) in [5, 5.41) is 3.59. The fourth-order valence-electron chi connectivity index (χ4n) is 3.53. The number of anilines is 1. The van der Waals surface area contributed by atoms with Gasteiger partial charge in [-0.1, -0.05) is 0 Å². The van der Waals surface area contributed by atoms with Crippen LogP contribution in [0.2, 0.25) is 0 Å². The average Bonchev–Trinajstić information content (AvgIpc) is 3.33. The highest BCUT2D eigenvalue weighted by Crippen LogP contribution is 2.39. The van der Waals surface area contributed by atoms with Crippen molar-refractivity contribution < 1.29 is 14.0 Å². The third-order valence-electron chi connectivity index (χ3n) is 4.75. The predicted molar refractivity (Wildman–Crippen MR) is 92.8 cm³/mol. The van der Waals surface area contributed by atoms with Gasteiger partial charge in [-0.15, -0.1) is 11.3 Å². The van der Waals surface area contributed by atoms with Gasteiger partial charge in [0.05, 0.1) is 11.8 Å². The molecule has 1 aliphatic heterocycles. The Morgan fingerprint density at radius 1 is 1.12 bits per heavy atom. The summed E-state index contributed by atoms with van der Waals surface area (Å²) in [4.78, 5) is 28.6. The van der Waals surface area contributed by atoms with Gasteiger partial charge in [0.25, 0.3) is 11.8 Å². The first-order valence-electron chi connectivity index (χ1n) is 8.52. The van der Waals surface area contributed by atoms with E-state index in [1.807, 2.05) is 4.90 Å². The highest BCUT2D eigenvalue weighted by Gasteiger charge is 2.30. The number of carbonyl (C=O) groups is 2. The van der Waals surface area contributed by atoms with E-state index in [1.54, 1.807) is 23.5 Å². The normalized spacial score (nSPS) is 16.9. The van der Waals surface area contributed by atoms with E-state index < -0.39 is 0 Å². The second-order valence-corrected chi connectivity index (χ2v) is 7.45. The average molecular weight is 344 g/mol. The van der Waals surface area contributed by atoms with Crippen molar-refractivity contribution in [3.05, 3.63) is 40.2 Å². The Morgan fingerprint density at radius 2 is 1.92 bits per heavy atom. The van der Waals surface area contributed by atoms with Gasteiger partial charge < -0.3 is 14.6 Å². The van der Waals surface area contributed by atoms with Crippen molar-refractivity contribution in [3.8, 4) is 0 Å². The summed E-state index contributed by atoms with van der Waals surface area (Å²) in [5.41, 5.74) is 1.87. The second-order valence-electron chi connectivity index (χ2n) is 6.35. The van der Waals surface area contributed by atoms with Crippen LogP contribution in [0.4, 0.5) is 5.00 Å². The van der Waals surface area contributed by atoms with E-state index in [2.05, 4.69) is 5.32 Å². The minimum atomic E-state index is -0.297. The molecular formula is C18H20N2O3S. The molecule has 1 aliphatic carbocycles. The number of furan rings is 1. The van der Waals surface area contributed by atoms with Crippen LogP contribution in [0, 0.1) is 0 Å². The van der Waals surface area contributed by atoms with Gasteiger partial charge in [-0.2, -0.15) is 0 Å². The largest absolute Gasteiger partial charge is 0.459 e. The molecule has 0 atom stereocenters. The molecule has 1 N–H and O–H groups in total. The van der Waals surface area contributed by atoms with Gasteiger partial charge in [0.15, 0.2) is 5.76 Å². The Hall–Kier alpha value is -2.08.